The van der Waals surface area contributed by atoms with Gasteiger partial charge in [-0.2, -0.15) is 0 Å². The molecule has 0 unspecified atom stereocenters. The fourth-order valence-electron chi connectivity index (χ4n) is 1.41. The summed E-state index contributed by atoms with van der Waals surface area (Å²) in [5.41, 5.74) is 3.59. The maximum Gasteiger partial charge on any atom is 0.191 e. The van der Waals surface area contributed by atoms with Crippen LogP contribution in [0.15, 0.2) is 36.5 Å². The molecular formula is C12H11F2N3O. The summed E-state index contributed by atoms with van der Waals surface area (Å²) in [4.78, 5) is 4.00. The predicted molar refractivity (Wildman–Crippen MR) is 62.7 cm³/mol. The Kier molecular flexibility index (Phi) is 3.69. The topological polar surface area (TPSA) is 60.2 Å². The molecule has 0 amide bonds. The number of ether oxygens (including phenoxy) is 1. The van der Waals surface area contributed by atoms with Gasteiger partial charge in [-0.15, -0.1) is 0 Å². The third kappa shape index (κ3) is 2.72. The van der Waals surface area contributed by atoms with Gasteiger partial charge in [0.25, 0.3) is 0 Å². The van der Waals surface area contributed by atoms with Gasteiger partial charge in [0.2, 0.25) is 0 Å². The van der Waals surface area contributed by atoms with E-state index in [1.807, 2.05) is 0 Å². The number of nitrogens with one attached hydrogen (secondary N) is 1. The minimum Gasteiger partial charge on any atom is -0.481 e. The molecule has 0 saturated heterocycles. The average Bonchev–Trinajstić information content (AvgIpc) is 2.38. The lowest BCUT2D eigenvalue weighted by Gasteiger charge is -2.08. The first-order valence-electron chi connectivity index (χ1n) is 5.19. The van der Waals surface area contributed by atoms with E-state index in [9.17, 15) is 8.78 Å². The van der Waals surface area contributed by atoms with E-state index < -0.39 is 17.4 Å². The number of rotatable bonds is 4. The van der Waals surface area contributed by atoms with Gasteiger partial charge in [0.05, 0.1) is 11.4 Å². The highest BCUT2D eigenvalue weighted by Gasteiger charge is 2.10. The molecule has 1 heterocycles. The molecule has 0 aliphatic carbocycles. The van der Waals surface area contributed by atoms with Crippen molar-refractivity contribution in [3.8, 4) is 5.75 Å². The Hall–Kier alpha value is -2.21. The molecule has 0 aliphatic rings. The zero-order valence-corrected chi connectivity index (χ0v) is 9.36. The van der Waals surface area contributed by atoms with Gasteiger partial charge in [-0.3, -0.25) is 10.8 Å². The molecule has 3 N–H and O–H groups in total. The normalized spacial score (nSPS) is 10.2. The highest BCUT2D eigenvalue weighted by molar-refractivity contribution is 5.41. The molecule has 18 heavy (non-hydrogen) atoms. The predicted octanol–water partition coefficient (Wildman–Crippen LogP) is 2.22. The molecule has 0 saturated carbocycles. The van der Waals surface area contributed by atoms with E-state index in [4.69, 9.17) is 10.6 Å². The first-order chi connectivity index (χ1) is 8.70. The van der Waals surface area contributed by atoms with E-state index in [2.05, 4.69) is 10.4 Å². The van der Waals surface area contributed by atoms with E-state index in [1.54, 1.807) is 12.1 Å². The fourth-order valence-corrected chi connectivity index (χ4v) is 1.41. The molecule has 6 heteroatoms. The Balaban J connectivity index is 2.11. The summed E-state index contributed by atoms with van der Waals surface area (Å²) >= 11 is 0. The Labute approximate surface area is 102 Å². The van der Waals surface area contributed by atoms with E-state index in [0.717, 1.165) is 12.1 Å². The molecular weight excluding hydrogens is 240 g/mol. The Morgan fingerprint density at radius 1 is 1.22 bits per heavy atom. The zero-order valence-electron chi connectivity index (χ0n) is 9.36. The van der Waals surface area contributed by atoms with Crippen LogP contribution in [0.1, 0.15) is 5.69 Å². The molecule has 2 aromatic rings. The second kappa shape index (κ2) is 5.42. The zero-order chi connectivity index (χ0) is 13.0. The highest BCUT2D eigenvalue weighted by atomic mass is 19.1. The molecule has 0 radical (unpaired) electrons. The largest absolute Gasteiger partial charge is 0.481 e. The molecule has 4 nitrogen and oxygen atoms in total. The number of aromatic nitrogens is 1. The molecule has 2 rings (SSSR count). The van der Waals surface area contributed by atoms with Crippen LogP contribution in [0.25, 0.3) is 0 Å². The lowest BCUT2D eigenvalue weighted by Crippen LogP contribution is -2.08. The number of halogens is 2. The van der Waals surface area contributed by atoms with Gasteiger partial charge >= 0.3 is 0 Å². The highest BCUT2D eigenvalue weighted by Crippen LogP contribution is 2.21. The molecule has 94 valence electrons. The second-order valence-corrected chi connectivity index (χ2v) is 3.52. The second-order valence-electron chi connectivity index (χ2n) is 3.52. The van der Waals surface area contributed by atoms with E-state index in [-0.39, 0.29) is 6.61 Å². The van der Waals surface area contributed by atoms with Gasteiger partial charge in [-0.1, -0.05) is 6.07 Å². The van der Waals surface area contributed by atoms with Crippen molar-refractivity contribution in [3.05, 3.63) is 53.9 Å². The van der Waals surface area contributed by atoms with Crippen LogP contribution in [0.3, 0.4) is 0 Å². The molecule has 1 aromatic carbocycles. The van der Waals surface area contributed by atoms with Crippen LogP contribution in [0.4, 0.5) is 14.5 Å². The van der Waals surface area contributed by atoms with Crippen molar-refractivity contribution in [1.82, 2.24) is 4.98 Å². The number of hydrazine groups is 1. The number of benzene rings is 1. The van der Waals surface area contributed by atoms with E-state index in [1.165, 1.54) is 12.3 Å². The maximum atomic E-state index is 13.3. The molecule has 0 fully saturated rings. The van der Waals surface area contributed by atoms with Crippen LogP contribution < -0.4 is 16.0 Å². The van der Waals surface area contributed by atoms with Crippen molar-refractivity contribution < 1.29 is 13.5 Å². The van der Waals surface area contributed by atoms with Crippen LogP contribution in [0.2, 0.25) is 0 Å². The fraction of sp³-hybridized carbons (Fsp3) is 0.0833. The van der Waals surface area contributed by atoms with Crippen molar-refractivity contribution in [2.45, 2.75) is 6.61 Å². The number of nitrogen functional groups attached to an aromatic ring is 1. The lowest BCUT2D eigenvalue weighted by molar-refractivity contribution is 0.270. The van der Waals surface area contributed by atoms with Crippen molar-refractivity contribution >= 4 is 5.69 Å². The summed E-state index contributed by atoms with van der Waals surface area (Å²) in [5, 5.41) is 0. The maximum absolute atomic E-state index is 13.3. The van der Waals surface area contributed by atoms with Crippen LogP contribution in [-0.4, -0.2) is 4.98 Å². The quantitative estimate of drug-likeness (QED) is 0.646. The number of hydrogen-bond donors (Lipinski definition) is 2. The van der Waals surface area contributed by atoms with Crippen LogP contribution in [-0.2, 0) is 6.61 Å². The number of nitrogens with two attached hydrogens (primary N) is 1. The van der Waals surface area contributed by atoms with Crippen molar-refractivity contribution in [2.24, 2.45) is 5.84 Å². The molecule has 0 spiro atoms. The minimum absolute atomic E-state index is 0.0482. The smallest absolute Gasteiger partial charge is 0.191 e. The van der Waals surface area contributed by atoms with Crippen LogP contribution >= 0.6 is 0 Å². The number of para-hydroxylation sites is 1. The SMILES string of the molecule is NNc1ccnc(COc2c(F)cccc2F)c1. The summed E-state index contributed by atoms with van der Waals surface area (Å²) in [7, 11) is 0. The molecule has 0 aliphatic heterocycles. The number of anilines is 1. The van der Waals surface area contributed by atoms with Crippen LogP contribution in [0.5, 0.6) is 5.75 Å². The third-order valence-electron chi connectivity index (χ3n) is 2.27. The summed E-state index contributed by atoms with van der Waals surface area (Å²) in [6.45, 7) is -0.0482. The van der Waals surface area contributed by atoms with Gasteiger partial charge in [0.15, 0.2) is 17.4 Å². The molecule has 0 bridgehead atoms. The first kappa shape index (κ1) is 12.3. The van der Waals surface area contributed by atoms with Crippen molar-refractivity contribution in [1.29, 1.82) is 0 Å². The summed E-state index contributed by atoms with van der Waals surface area (Å²) in [5.74, 6) is 3.33. The van der Waals surface area contributed by atoms with Crippen molar-refractivity contribution in [3.63, 3.8) is 0 Å². The molecule has 1 aromatic heterocycles. The van der Waals surface area contributed by atoms with Gasteiger partial charge in [0, 0.05) is 6.20 Å². The van der Waals surface area contributed by atoms with Crippen molar-refractivity contribution in [2.75, 3.05) is 5.43 Å². The first-order valence-corrected chi connectivity index (χ1v) is 5.19. The van der Waals surface area contributed by atoms with Gasteiger partial charge in [0.1, 0.15) is 6.61 Å². The Bertz CT molecular complexity index is 528. The number of nitrogens with zero attached hydrogens (tertiary/aromatic N) is 1. The van der Waals surface area contributed by atoms with Gasteiger partial charge < -0.3 is 10.2 Å². The van der Waals surface area contributed by atoms with Gasteiger partial charge in [-0.05, 0) is 24.3 Å². The van der Waals surface area contributed by atoms with E-state index >= 15 is 0 Å². The summed E-state index contributed by atoms with van der Waals surface area (Å²) in [6, 6.07) is 6.81. The third-order valence-corrected chi connectivity index (χ3v) is 2.27. The average molecular weight is 251 g/mol. The summed E-state index contributed by atoms with van der Waals surface area (Å²) < 4.78 is 31.6. The van der Waals surface area contributed by atoms with Gasteiger partial charge in [-0.25, -0.2) is 8.78 Å². The monoisotopic (exact) mass is 251 g/mol. The Morgan fingerprint density at radius 2 is 1.94 bits per heavy atom. The summed E-state index contributed by atoms with van der Waals surface area (Å²) in [6.07, 6.45) is 1.52. The minimum atomic E-state index is -0.747. The Morgan fingerprint density at radius 3 is 2.61 bits per heavy atom. The lowest BCUT2D eigenvalue weighted by atomic mass is 10.3. The number of pyridine rings is 1. The van der Waals surface area contributed by atoms with Crippen LogP contribution in [0, 0.1) is 11.6 Å². The molecule has 0 atom stereocenters. The number of hydrogen-bond acceptors (Lipinski definition) is 4. The van der Waals surface area contributed by atoms with E-state index in [0.29, 0.717) is 11.4 Å². The standard InChI is InChI=1S/C12H11F2N3O/c13-10-2-1-3-11(14)12(10)18-7-9-6-8(17-15)4-5-16-9/h1-6H,7,15H2,(H,16,17).